The molecule has 0 saturated carbocycles. The summed E-state index contributed by atoms with van der Waals surface area (Å²) in [6, 6.07) is 0. The Morgan fingerprint density at radius 1 is 1.50 bits per heavy atom. The maximum atomic E-state index is 2.12. The summed E-state index contributed by atoms with van der Waals surface area (Å²) < 4.78 is 0. The van der Waals surface area contributed by atoms with E-state index in [2.05, 4.69) is 20.3 Å². The van der Waals surface area contributed by atoms with E-state index in [1.807, 2.05) is 0 Å². The summed E-state index contributed by atoms with van der Waals surface area (Å²) in [7, 11) is 0. The van der Waals surface area contributed by atoms with E-state index in [4.69, 9.17) is 0 Å². The van der Waals surface area contributed by atoms with Crippen molar-refractivity contribution < 1.29 is 18.9 Å². The van der Waals surface area contributed by atoms with Crippen LogP contribution in [0.15, 0.2) is 0 Å². The monoisotopic (exact) mass is 81.1 g/mol. The van der Waals surface area contributed by atoms with Crippen LogP contribution in [-0.2, 0) is 0 Å². The van der Waals surface area contributed by atoms with E-state index in [0.717, 1.165) is 0 Å². The summed E-state index contributed by atoms with van der Waals surface area (Å²) >= 11 is 0. The molecule has 0 aromatic carbocycles. The predicted molar refractivity (Wildman–Crippen MR) is 25.3 cm³/mol. The molecule has 0 saturated heterocycles. The molecule has 1 nitrogen and oxygen atoms in total. The largest absolute Gasteiger partial charge is 1.00 e. The van der Waals surface area contributed by atoms with Crippen LogP contribution in [0.25, 0.3) is 0 Å². The van der Waals surface area contributed by atoms with E-state index in [-0.39, 0.29) is 25.0 Å². The fourth-order valence-corrected chi connectivity index (χ4v) is 0. The molecule has 0 amide bonds. The molecule has 6 heavy (non-hydrogen) atoms. The van der Waals surface area contributed by atoms with Crippen LogP contribution < -0.4 is 25.0 Å². The van der Waals surface area contributed by atoms with Crippen LogP contribution >= 0.6 is 0 Å². The minimum Gasteiger partial charge on any atom is -0.344 e. The first-order chi connectivity index (χ1) is 1.91. The number of hydrogen-bond donors (Lipinski definition) is 1. The van der Waals surface area contributed by atoms with Gasteiger partial charge in [0.05, 0.1) is 0 Å². The van der Waals surface area contributed by atoms with Crippen LogP contribution in [0.2, 0.25) is 0 Å². The van der Waals surface area contributed by atoms with Crippen molar-refractivity contribution in [1.29, 1.82) is 0 Å². The van der Waals surface area contributed by atoms with Crippen molar-refractivity contribution in [3.05, 3.63) is 6.42 Å². The van der Waals surface area contributed by atoms with Crippen LogP contribution in [0.4, 0.5) is 0 Å². The molecule has 0 aliphatic carbocycles. The Morgan fingerprint density at radius 3 is 1.67 bits per heavy atom. The van der Waals surface area contributed by atoms with Crippen LogP contribution in [0, 0.1) is 6.42 Å². The van der Waals surface area contributed by atoms with Crippen molar-refractivity contribution >= 4 is 0 Å². The van der Waals surface area contributed by atoms with Gasteiger partial charge in [0.2, 0.25) is 0 Å². The molecule has 0 heterocycles. The van der Waals surface area contributed by atoms with Crippen molar-refractivity contribution in [3.8, 4) is 0 Å². The average Bonchev–Trinajstić information content (AvgIpc) is 1.37. The zero-order valence-corrected chi connectivity index (χ0v) is 4.99. The Kier molecular flexibility index (Phi) is 47.1. The normalized spacial score (nSPS) is 5.00. The molecule has 0 radical (unpaired) electrons. The summed E-state index contributed by atoms with van der Waals surface area (Å²) in [6.45, 7) is 4.18. The fourth-order valence-electron chi connectivity index (χ4n) is 0. The summed E-state index contributed by atoms with van der Waals surface area (Å²) in [5, 5.41) is 0. The molecule has 0 aromatic rings. The van der Waals surface area contributed by atoms with Gasteiger partial charge in [0, 0.05) is 0 Å². The zero-order valence-electron chi connectivity index (χ0n) is 4.99. The molecule has 0 rings (SSSR count). The Balaban J connectivity index is -0.0000000450. The zero-order chi connectivity index (χ0) is 3.41. The SMILES string of the molecule is C[CH-]CC.N.[Li+]. The summed E-state index contributed by atoms with van der Waals surface area (Å²) in [4.78, 5) is 0. The van der Waals surface area contributed by atoms with E-state index in [9.17, 15) is 0 Å². The van der Waals surface area contributed by atoms with Crippen LogP contribution in [-0.4, -0.2) is 0 Å². The number of unbranched alkanes of at least 4 members (excludes halogenated alkanes) is 1. The molecule has 2 heteroatoms. The van der Waals surface area contributed by atoms with Crippen LogP contribution in [0.3, 0.4) is 0 Å². The second-order valence-corrected chi connectivity index (χ2v) is 0.816. The van der Waals surface area contributed by atoms with Crippen molar-refractivity contribution in [1.82, 2.24) is 6.15 Å². The number of hydrogen-bond acceptors (Lipinski definition) is 1. The van der Waals surface area contributed by atoms with E-state index < -0.39 is 0 Å². The van der Waals surface area contributed by atoms with Gasteiger partial charge in [-0.25, -0.2) is 0 Å². The van der Waals surface area contributed by atoms with Gasteiger partial charge >= 0.3 is 18.9 Å². The summed E-state index contributed by atoms with van der Waals surface area (Å²) in [6.07, 6.45) is 3.32. The molecule has 34 valence electrons. The Morgan fingerprint density at radius 2 is 1.67 bits per heavy atom. The molecule has 0 bridgehead atoms. The minimum absolute atomic E-state index is 0. The first-order valence-corrected chi connectivity index (χ1v) is 1.69. The maximum Gasteiger partial charge on any atom is 1.00 e. The Bertz CT molecular complexity index is 9.51. The first-order valence-electron chi connectivity index (χ1n) is 1.69. The standard InChI is InChI=1S/C4H9.Li.H3N/c1-3-4-2;;/h3H,4H2,1-2H3;;1H3/q-1;+1;. The fraction of sp³-hybridized carbons (Fsp3) is 0.750. The minimum atomic E-state index is 0. The third kappa shape index (κ3) is 23.8. The second kappa shape index (κ2) is 17.6. The van der Waals surface area contributed by atoms with Gasteiger partial charge < -0.3 is 12.6 Å². The quantitative estimate of drug-likeness (QED) is 0.312. The maximum absolute atomic E-state index is 2.12. The van der Waals surface area contributed by atoms with Gasteiger partial charge in [-0.3, -0.25) is 0 Å². The van der Waals surface area contributed by atoms with E-state index in [1.54, 1.807) is 0 Å². The van der Waals surface area contributed by atoms with Crippen molar-refractivity contribution in [2.24, 2.45) is 0 Å². The summed E-state index contributed by atoms with van der Waals surface area (Å²) in [5.74, 6) is 0. The second-order valence-electron chi connectivity index (χ2n) is 0.816. The topological polar surface area (TPSA) is 35.0 Å². The molecule has 0 aliphatic rings. The third-order valence-corrected chi connectivity index (χ3v) is 0.408. The van der Waals surface area contributed by atoms with Crippen molar-refractivity contribution in [2.75, 3.05) is 0 Å². The van der Waals surface area contributed by atoms with Crippen molar-refractivity contribution in [2.45, 2.75) is 20.3 Å². The summed E-state index contributed by atoms with van der Waals surface area (Å²) in [5.41, 5.74) is 0. The molecule has 0 unspecified atom stereocenters. The van der Waals surface area contributed by atoms with Gasteiger partial charge in [-0.2, -0.15) is 13.3 Å². The molecular formula is C4H12LiN. The van der Waals surface area contributed by atoms with Gasteiger partial charge in [0.1, 0.15) is 0 Å². The van der Waals surface area contributed by atoms with Crippen molar-refractivity contribution in [3.63, 3.8) is 0 Å². The number of rotatable bonds is 1. The Hall–Kier alpha value is 0.557. The first kappa shape index (κ1) is 16.0. The smallest absolute Gasteiger partial charge is 0.344 e. The van der Waals surface area contributed by atoms with Gasteiger partial charge in [0.25, 0.3) is 0 Å². The van der Waals surface area contributed by atoms with Crippen LogP contribution in [0.1, 0.15) is 20.3 Å². The van der Waals surface area contributed by atoms with Gasteiger partial charge in [0.15, 0.2) is 0 Å². The van der Waals surface area contributed by atoms with Crippen LogP contribution in [0.5, 0.6) is 0 Å². The predicted octanol–water partition coefficient (Wildman–Crippen LogP) is -1.21. The third-order valence-electron chi connectivity index (χ3n) is 0.408. The average molecular weight is 81.1 g/mol. The molecule has 0 aliphatic heterocycles. The van der Waals surface area contributed by atoms with E-state index in [1.165, 1.54) is 6.42 Å². The van der Waals surface area contributed by atoms with Gasteiger partial charge in [-0.15, -0.1) is 0 Å². The molecule has 0 spiro atoms. The van der Waals surface area contributed by atoms with E-state index in [0.29, 0.717) is 0 Å². The Labute approximate surface area is 52.3 Å². The molecule has 3 N–H and O–H groups in total. The molecular weight excluding hydrogens is 69.0 g/mol. The molecule has 0 aromatic heterocycles. The molecule has 0 atom stereocenters. The van der Waals surface area contributed by atoms with Gasteiger partial charge in [-0.1, -0.05) is 6.92 Å². The van der Waals surface area contributed by atoms with Gasteiger partial charge in [-0.05, 0) is 0 Å². The molecule has 0 fully saturated rings. The van der Waals surface area contributed by atoms with E-state index >= 15 is 0 Å².